The van der Waals surface area contributed by atoms with E-state index in [2.05, 4.69) is 98.9 Å². The molecule has 0 saturated carbocycles. The van der Waals surface area contributed by atoms with E-state index in [0.29, 0.717) is 17.4 Å². The predicted molar refractivity (Wildman–Crippen MR) is 288 cm³/mol. The lowest BCUT2D eigenvalue weighted by Gasteiger charge is -2.26. The highest BCUT2D eigenvalue weighted by atomic mass is 16.7. The monoisotopic (exact) mass is 966 g/mol. The van der Waals surface area contributed by atoms with E-state index in [-0.39, 0.29) is 38.6 Å². The average molecular weight is 966 g/mol. The van der Waals surface area contributed by atoms with Crippen molar-refractivity contribution in [2.75, 3.05) is 47.5 Å². The lowest BCUT2D eigenvalue weighted by Crippen LogP contribution is -2.44. The number of ether oxygens (including phenoxy) is 4. The Bertz CT molecular complexity index is 1400. The Kier molecular flexibility index (Phi) is 48.2. The van der Waals surface area contributed by atoms with Gasteiger partial charge in [0.1, 0.15) is 13.2 Å². The van der Waals surface area contributed by atoms with E-state index in [1.165, 1.54) is 89.9 Å². The van der Waals surface area contributed by atoms with Crippen LogP contribution in [-0.2, 0) is 33.3 Å². The van der Waals surface area contributed by atoms with E-state index in [0.717, 1.165) is 96.3 Å². The van der Waals surface area contributed by atoms with Gasteiger partial charge in [-0.15, -0.1) is 0 Å². The first-order valence-electron chi connectivity index (χ1n) is 27.7. The molecule has 0 heterocycles. The summed E-state index contributed by atoms with van der Waals surface area (Å²) in [4.78, 5) is 37.3. The Morgan fingerprint density at radius 3 is 1.23 bits per heavy atom. The molecular weight excluding hydrogens is 863 g/mol. The van der Waals surface area contributed by atoms with Crippen LogP contribution in [0.2, 0.25) is 0 Å². The normalized spacial score (nSPS) is 13.5. The quantitative estimate of drug-likeness (QED) is 0.0195. The fourth-order valence-corrected chi connectivity index (χ4v) is 7.36. The van der Waals surface area contributed by atoms with Gasteiger partial charge in [-0.05, 0) is 89.9 Å². The molecule has 9 nitrogen and oxygen atoms in total. The second kappa shape index (κ2) is 50.8. The SMILES string of the molecule is CC/C=C\C/C=C\C/C=C\C/C=C\C/C=C\CCCCCCCCCC(=O)OC(COC(=O)CCCCCCCCCCC/C=C\C/C=C\CCCCCCC)COC(OCC[N+](C)(C)C)C(=O)[O-]. The molecule has 0 radical (unpaired) electrons. The molecule has 9 heteroatoms. The van der Waals surface area contributed by atoms with Gasteiger partial charge in [0.15, 0.2) is 12.4 Å². The molecule has 0 rings (SSSR count). The number of rotatable bonds is 50. The fraction of sp³-hybridized carbons (Fsp3) is 0.717. The van der Waals surface area contributed by atoms with Gasteiger partial charge >= 0.3 is 11.9 Å². The Labute approximate surface area is 423 Å². The van der Waals surface area contributed by atoms with Gasteiger partial charge in [-0.3, -0.25) is 9.59 Å². The third kappa shape index (κ3) is 52.1. The zero-order valence-corrected chi connectivity index (χ0v) is 44.9. The third-order valence-corrected chi connectivity index (χ3v) is 11.6. The molecule has 0 N–H and O–H groups in total. The molecule has 0 aromatic carbocycles. The zero-order chi connectivity index (χ0) is 50.6. The number of unbranched alkanes of at least 4 members (excludes halogenated alkanes) is 21. The Balaban J connectivity index is 4.34. The van der Waals surface area contributed by atoms with Crippen LogP contribution in [0.4, 0.5) is 0 Å². The van der Waals surface area contributed by atoms with Gasteiger partial charge in [0.2, 0.25) is 0 Å². The summed E-state index contributed by atoms with van der Waals surface area (Å²) in [5, 5.41) is 11.8. The molecule has 2 unspecified atom stereocenters. The first kappa shape index (κ1) is 65.5. The van der Waals surface area contributed by atoms with Crippen LogP contribution in [0, 0.1) is 0 Å². The van der Waals surface area contributed by atoms with E-state index >= 15 is 0 Å². The van der Waals surface area contributed by atoms with Crippen molar-refractivity contribution in [1.29, 1.82) is 0 Å². The summed E-state index contributed by atoms with van der Waals surface area (Å²) in [6.45, 7) is 4.60. The minimum Gasteiger partial charge on any atom is -0.545 e. The average Bonchev–Trinajstić information content (AvgIpc) is 3.31. The minimum atomic E-state index is -1.63. The summed E-state index contributed by atoms with van der Waals surface area (Å²) in [6, 6.07) is 0. The molecule has 0 saturated heterocycles. The number of esters is 2. The standard InChI is InChI=1S/C60H103NO8/c1-6-8-10-12-14-16-18-20-22-24-26-28-29-31-33-35-37-39-41-43-45-47-49-51-58(63)69-56(55-68-60(59(64)65)66-53-52-61(3,4)5)54-67-57(62)50-48-46-44-42-40-38-36-34-32-30-27-25-23-21-19-17-15-13-11-9-7-2/h8,10,14,16,19-22,25-28,31,33,56,60H,6-7,9,11-13,15,17-18,23-24,29-30,32,34-55H2,1-5H3/b10-8-,16-14-,21-19-,22-20-,27-25-,28-26-,33-31-. The maximum atomic E-state index is 12.8. The molecule has 0 spiro atoms. The number of carboxylic acids is 1. The van der Waals surface area contributed by atoms with Crippen LogP contribution < -0.4 is 5.11 Å². The molecule has 396 valence electrons. The number of hydrogen-bond donors (Lipinski definition) is 0. The van der Waals surface area contributed by atoms with E-state index in [1.54, 1.807) is 0 Å². The summed E-state index contributed by atoms with van der Waals surface area (Å²) in [5.41, 5.74) is 0. The summed E-state index contributed by atoms with van der Waals surface area (Å²) in [6.07, 6.45) is 63.3. The maximum absolute atomic E-state index is 12.8. The van der Waals surface area contributed by atoms with Crippen LogP contribution in [0.3, 0.4) is 0 Å². The lowest BCUT2D eigenvalue weighted by atomic mass is 10.1. The van der Waals surface area contributed by atoms with Crippen molar-refractivity contribution in [1.82, 2.24) is 0 Å². The number of quaternary nitrogens is 1. The van der Waals surface area contributed by atoms with Gasteiger partial charge in [-0.25, -0.2) is 0 Å². The second-order valence-electron chi connectivity index (χ2n) is 19.5. The maximum Gasteiger partial charge on any atom is 0.306 e. The first-order chi connectivity index (χ1) is 33.6. The number of carbonyl (C=O) groups is 3. The van der Waals surface area contributed by atoms with E-state index < -0.39 is 24.3 Å². The van der Waals surface area contributed by atoms with Gasteiger partial charge in [-0.2, -0.15) is 0 Å². The van der Waals surface area contributed by atoms with Crippen molar-refractivity contribution in [3.05, 3.63) is 85.1 Å². The highest BCUT2D eigenvalue weighted by Gasteiger charge is 2.22. The highest BCUT2D eigenvalue weighted by molar-refractivity contribution is 5.70. The van der Waals surface area contributed by atoms with Crippen LogP contribution in [-0.4, -0.2) is 82.3 Å². The molecule has 0 aromatic rings. The molecular formula is C60H103NO8. The molecule has 0 bridgehead atoms. The Morgan fingerprint density at radius 2 is 0.826 bits per heavy atom. The van der Waals surface area contributed by atoms with Crippen molar-refractivity contribution in [3.63, 3.8) is 0 Å². The number of carbonyl (C=O) groups excluding carboxylic acids is 3. The van der Waals surface area contributed by atoms with Crippen LogP contribution >= 0.6 is 0 Å². The van der Waals surface area contributed by atoms with Gasteiger partial charge < -0.3 is 33.3 Å². The number of hydrogen-bond acceptors (Lipinski definition) is 8. The first-order valence-corrected chi connectivity index (χ1v) is 27.7. The Morgan fingerprint density at radius 1 is 0.449 bits per heavy atom. The van der Waals surface area contributed by atoms with Gasteiger partial charge in [0, 0.05) is 12.8 Å². The van der Waals surface area contributed by atoms with E-state index in [9.17, 15) is 19.5 Å². The zero-order valence-electron chi connectivity index (χ0n) is 44.9. The van der Waals surface area contributed by atoms with Crippen molar-refractivity contribution >= 4 is 17.9 Å². The molecule has 0 aromatic heterocycles. The Hall–Kier alpha value is -3.53. The van der Waals surface area contributed by atoms with Crippen LogP contribution in [0.15, 0.2) is 85.1 Å². The van der Waals surface area contributed by atoms with Gasteiger partial charge in [0.25, 0.3) is 0 Å². The topological polar surface area (TPSA) is 111 Å². The molecule has 0 aliphatic heterocycles. The summed E-state index contributed by atoms with van der Waals surface area (Å²) in [5.74, 6) is -2.31. The van der Waals surface area contributed by atoms with Crippen molar-refractivity contribution in [3.8, 4) is 0 Å². The highest BCUT2D eigenvalue weighted by Crippen LogP contribution is 2.14. The number of carboxylic acid groups (broad SMARTS) is 1. The lowest BCUT2D eigenvalue weighted by molar-refractivity contribution is -0.870. The van der Waals surface area contributed by atoms with E-state index in [1.807, 2.05) is 21.1 Å². The molecule has 69 heavy (non-hydrogen) atoms. The second-order valence-corrected chi connectivity index (χ2v) is 19.5. The summed E-state index contributed by atoms with van der Waals surface area (Å²) < 4.78 is 22.7. The smallest absolute Gasteiger partial charge is 0.306 e. The minimum absolute atomic E-state index is 0.140. The van der Waals surface area contributed by atoms with Crippen LogP contribution in [0.1, 0.15) is 219 Å². The third-order valence-electron chi connectivity index (χ3n) is 11.6. The molecule has 0 aliphatic rings. The number of allylic oxidation sites excluding steroid dienone is 14. The predicted octanol–water partition coefficient (Wildman–Crippen LogP) is 14.7. The molecule has 0 aliphatic carbocycles. The van der Waals surface area contributed by atoms with Crippen LogP contribution in [0.5, 0.6) is 0 Å². The number of aliphatic carboxylic acids is 1. The largest absolute Gasteiger partial charge is 0.545 e. The number of likely N-dealkylation sites (N-methyl/N-ethyl adjacent to an activating group) is 1. The van der Waals surface area contributed by atoms with Crippen molar-refractivity contribution in [2.24, 2.45) is 0 Å². The van der Waals surface area contributed by atoms with Crippen LogP contribution in [0.25, 0.3) is 0 Å². The van der Waals surface area contributed by atoms with E-state index in [4.69, 9.17) is 18.9 Å². The molecule has 0 fully saturated rings. The fourth-order valence-electron chi connectivity index (χ4n) is 7.36. The van der Waals surface area contributed by atoms with Gasteiger partial charge in [0.05, 0.1) is 40.3 Å². The molecule has 0 amide bonds. The summed E-state index contributed by atoms with van der Waals surface area (Å²) in [7, 11) is 5.91. The van der Waals surface area contributed by atoms with Crippen molar-refractivity contribution < 1.29 is 42.9 Å². The van der Waals surface area contributed by atoms with Gasteiger partial charge in [-0.1, -0.05) is 202 Å². The number of nitrogens with zero attached hydrogens (tertiary/aromatic N) is 1. The molecule has 2 atom stereocenters. The van der Waals surface area contributed by atoms with Crippen molar-refractivity contribution in [2.45, 2.75) is 232 Å². The summed E-state index contributed by atoms with van der Waals surface area (Å²) >= 11 is 0.